The molecule has 0 aliphatic carbocycles. The molecule has 0 aliphatic rings. The third-order valence-electron chi connectivity index (χ3n) is 3.71. The topological polar surface area (TPSA) is 84.9 Å². The van der Waals surface area contributed by atoms with Crippen LogP contribution in [-0.4, -0.2) is 46.7 Å². The first-order valence-corrected chi connectivity index (χ1v) is 10.1. The summed E-state index contributed by atoms with van der Waals surface area (Å²) >= 11 is 6.14. The molecule has 1 amide bonds. The van der Waals surface area contributed by atoms with Gasteiger partial charge in [0.15, 0.2) is 11.5 Å². The van der Waals surface area contributed by atoms with Gasteiger partial charge in [0, 0.05) is 19.3 Å². The molecule has 0 heterocycles. The van der Waals surface area contributed by atoms with Gasteiger partial charge in [0.25, 0.3) is 5.91 Å². The predicted molar refractivity (Wildman–Crippen MR) is 105 cm³/mol. The van der Waals surface area contributed by atoms with Crippen LogP contribution in [-0.2, 0) is 16.6 Å². The van der Waals surface area contributed by atoms with E-state index in [-0.39, 0.29) is 22.2 Å². The second-order valence-electron chi connectivity index (χ2n) is 5.92. The van der Waals surface area contributed by atoms with Crippen molar-refractivity contribution in [3.05, 3.63) is 52.5 Å². The highest BCUT2D eigenvalue weighted by Crippen LogP contribution is 2.28. The highest BCUT2D eigenvalue weighted by molar-refractivity contribution is 7.92. The Hall–Kier alpha value is -2.45. The van der Waals surface area contributed by atoms with E-state index in [1.165, 1.54) is 30.2 Å². The van der Waals surface area contributed by atoms with Crippen LogP contribution in [0.1, 0.15) is 15.9 Å². The quantitative estimate of drug-likeness (QED) is 0.755. The van der Waals surface area contributed by atoms with Crippen molar-refractivity contribution in [2.45, 2.75) is 6.54 Å². The van der Waals surface area contributed by atoms with Gasteiger partial charge in [-0.1, -0.05) is 17.7 Å². The summed E-state index contributed by atoms with van der Waals surface area (Å²) in [5.41, 5.74) is 1.31. The number of carbonyl (C=O) groups excluding carboxylic acids is 1. The van der Waals surface area contributed by atoms with Crippen molar-refractivity contribution in [2.75, 3.05) is 32.2 Å². The first-order chi connectivity index (χ1) is 12.6. The van der Waals surface area contributed by atoms with E-state index in [9.17, 15) is 13.2 Å². The molecule has 0 saturated carbocycles. The monoisotopic (exact) mass is 412 g/mol. The van der Waals surface area contributed by atoms with Gasteiger partial charge < -0.3 is 14.4 Å². The maximum atomic E-state index is 12.8. The molecule has 0 radical (unpaired) electrons. The average molecular weight is 413 g/mol. The summed E-state index contributed by atoms with van der Waals surface area (Å²) in [5, 5.41) is 0.234. The first kappa shape index (κ1) is 20.9. The van der Waals surface area contributed by atoms with Crippen molar-refractivity contribution < 1.29 is 22.7 Å². The van der Waals surface area contributed by atoms with Gasteiger partial charge in [-0.05, 0) is 35.9 Å². The van der Waals surface area contributed by atoms with Gasteiger partial charge in [-0.15, -0.1) is 0 Å². The molecule has 0 unspecified atom stereocenters. The number of halogens is 1. The van der Waals surface area contributed by atoms with Crippen LogP contribution in [0, 0.1) is 0 Å². The lowest BCUT2D eigenvalue weighted by Gasteiger charge is -2.19. The van der Waals surface area contributed by atoms with Crippen molar-refractivity contribution in [3.63, 3.8) is 0 Å². The molecule has 146 valence electrons. The van der Waals surface area contributed by atoms with Gasteiger partial charge in [0.05, 0.1) is 31.1 Å². The third kappa shape index (κ3) is 5.51. The van der Waals surface area contributed by atoms with Crippen LogP contribution in [0.4, 0.5) is 5.69 Å². The van der Waals surface area contributed by atoms with Gasteiger partial charge >= 0.3 is 0 Å². The summed E-state index contributed by atoms with van der Waals surface area (Å²) in [5.74, 6) is 0.818. The molecule has 0 aromatic heterocycles. The zero-order valence-electron chi connectivity index (χ0n) is 15.4. The molecule has 27 heavy (non-hydrogen) atoms. The van der Waals surface area contributed by atoms with Crippen molar-refractivity contribution in [1.82, 2.24) is 4.90 Å². The molecule has 2 rings (SSSR count). The first-order valence-electron chi connectivity index (χ1n) is 7.88. The van der Waals surface area contributed by atoms with Crippen molar-refractivity contribution in [1.29, 1.82) is 0 Å². The molecule has 7 nitrogen and oxygen atoms in total. The summed E-state index contributed by atoms with van der Waals surface area (Å²) in [6, 6.07) is 9.76. The summed E-state index contributed by atoms with van der Waals surface area (Å²) in [4.78, 5) is 14.3. The summed E-state index contributed by atoms with van der Waals surface area (Å²) in [7, 11) is 1.26. The van der Waals surface area contributed by atoms with E-state index in [0.717, 1.165) is 11.8 Å². The molecule has 1 N–H and O–H groups in total. The van der Waals surface area contributed by atoms with E-state index < -0.39 is 10.0 Å². The van der Waals surface area contributed by atoms with E-state index in [0.29, 0.717) is 18.0 Å². The largest absolute Gasteiger partial charge is 0.493 e. The minimum Gasteiger partial charge on any atom is -0.493 e. The predicted octanol–water partition coefficient (Wildman–Crippen LogP) is 3.00. The number of rotatable bonds is 7. The minimum atomic E-state index is -3.46. The lowest BCUT2D eigenvalue weighted by molar-refractivity contribution is 0.0785. The van der Waals surface area contributed by atoms with E-state index >= 15 is 0 Å². The molecule has 0 spiro atoms. The number of anilines is 1. The molecule has 2 aromatic rings. The normalized spacial score (nSPS) is 11.0. The van der Waals surface area contributed by atoms with E-state index in [2.05, 4.69) is 4.72 Å². The fourth-order valence-corrected chi connectivity index (χ4v) is 3.25. The number of ether oxygens (including phenoxy) is 2. The van der Waals surface area contributed by atoms with Crippen LogP contribution < -0.4 is 14.2 Å². The Morgan fingerprint density at radius 1 is 1.11 bits per heavy atom. The third-order valence-corrected chi connectivity index (χ3v) is 4.65. The second-order valence-corrected chi connectivity index (χ2v) is 8.08. The Morgan fingerprint density at radius 2 is 1.78 bits per heavy atom. The minimum absolute atomic E-state index is 0.202. The van der Waals surface area contributed by atoms with E-state index in [1.807, 2.05) is 6.07 Å². The number of amides is 1. The highest BCUT2D eigenvalue weighted by atomic mass is 35.5. The van der Waals surface area contributed by atoms with Crippen LogP contribution in [0.15, 0.2) is 36.4 Å². The summed E-state index contributed by atoms with van der Waals surface area (Å²) in [6.07, 6.45) is 1.03. The smallest absolute Gasteiger partial charge is 0.255 e. The Bertz CT molecular complexity index is 947. The number of hydrogen-bond donors (Lipinski definition) is 1. The number of hydrogen-bond acceptors (Lipinski definition) is 5. The lowest BCUT2D eigenvalue weighted by Crippen LogP contribution is -2.26. The van der Waals surface area contributed by atoms with Crippen molar-refractivity contribution in [2.24, 2.45) is 0 Å². The maximum Gasteiger partial charge on any atom is 0.255 e. The van der Waals surface area contributed by atoms with Gasteiger partial charge in [0.1, 0.15) is 0 Å². The Kier molecular flexibility index (Phi) is 6.56. The number of carbonyl (C=O) groups is 1. The number of nitrogens with zero attached hydrogens (tertiary/aromatic N) is 1. The van der Waals surface area contributed by atoms with Gasteiger partial charge in [-0.3, -0.25) is 9.52 Å². The van der Waals surface area contributed by atoms with Crippen LogP contribution in [0.25, 0.3) is 0 Å². The van der Waals surface area contributed by atoms with Crippen LogP contribution in [0.3, 0.4) is 0 Å². The fraction of sp³-hybridized carbons (Fsp3) is 0.278. The zero-order valence-corrected chi connectivity index (χ0v) is 17.0. The Labute approximate surface area is 163 Å². The molecule has 0 fully saturated rings. The molecular formula is C18H21ClN2O5S. The van der Waals surface area contributed by atoms with Gasteiger partial charge in [-0.2, -0.15) is 0 Å². The molecule has 0 bridgehead atoms. The van der Waals surface area contributed by atoms with Crippen LogP contribution in [0.5, 0.6) is 11.5 Å². The summed E-state index contributed by atoms with van der Waals surface area (Å²) in [6.45, 7) is 0.305. The Balaban J connectivity index is 2.23. The molecule has 0 saturated heterocycles. The second kappa shape index (κ2) is 8.49. The van der Waals surface area contributed by atoms with Crippen LogP contribution >= 0.6 is 11.6 Å². The SMILES string of the molecule is COc1ccc(CN(C)C(=O)c2cc(NS(C)(=O)=O)ccc2Cl)cc1OC. The molecule has 2 aromatic carbocycles. The molecule has 0 aliphatic heterocycles. The Morgan fingerprint density at radius 3 is 2.37 bits per heavy atom. The number of nitrogens with one attached hydrogen (secondary N) is 1. The number of sulfonamides is 1. The lowest BCUT2D eigenvalue weighted by atomic mass is 10.1. The number of methoxy groups -OCH3 is 2. The van der Waals surface area contributed by atoms with Crippen LogP contribution in [0.2, 0.25) is 5.02 Å². The maximum absolute atomic E-state index is 12.8. The standard InChI is InChI=1S/C18H21ClN2O5S/c1-21(11-12-5-8-16(25-2)17(9-12)26-3)18(22)14-10-13(6-7-15(14)19)20-27(4,23)24/h5-10,20H,11H2,1-4H3. The van der Waals surface area contributed by atoms with Gasteiger partial charge in [-0.25, -0.2) is 8.42 Å². The van der Waals surface area contributed by atoms with Crippen molar-refractivity contribution in [3.8, 4) is 11.5 Å². The van der Waals surface area contributed by atoms with E-state index in [1.54, 1.807) is 26.3 Å². The van der Waals surface area contributed by atoms with E-state index in [4.69, 9.17) is 21.1 Å². The fourth-order valence-electron chi connectivity index (χ4n) is 2.50. The summed E-state index contributed by atoms with van der Waals surface area (Å²) < 4.78 is 35.6. The highest BCUT2D eigenvalue weighted by Gasteiger charge is 2.17. The number of benzene rings is 2. The molecule has 0 atom stereocenters. The molecular weight excluding hydrogens is 392 g/mol. The van der Waals surface area contributed by atoms with Gasteiger partial charge in [0.2, 0.25) is 10.0 Å². The molecule has 9 heteroatoms. The zero-order chi connectivity index (χ0) is 20.2. The average Bonchev–Trinajstić information content (AvgIpc) is 2.61. The van der Waals surface area contributed by atoms with Crippen molar-refractivity contribution >= 4 is 33.2 Å².